The van der Waals surface area contributed by atoms with Gasteiger partial charge in [0.1, 0.15) is 17.5 Å². The largest absolute Gasteiger partial charge is 0.384 e. The molecule has 0 unspecified atom stereocenters. The van der Waals surface area contributed by atoms with Crippen LogP contribution in [0.4, 0.5) is 17.2 Å². The standard InChI is InChI=1S/C12H12N6O2/c1-17-12(14)9(7-16-17)6-15-10-2-3-11(18(19)20)8(4-10)5-13/h2-4,7,15H,6,14H2,1H3. The van der Waals surface area contributed by atoms with Gasteiger partial charge in [-0.3, -0.25) is 14.8 Å². The average Bonchev–Trinajstić information content (AvgIpc) is 2.76. The number of nitriles is 1. The number of nitrogens with one attached hydrogen (secondary N) is 1. The van der Waals surface area contributed by atoms with Crippen LogP contribution in [-0.4, -0.2) is 14.7 Å². The number of nitrogen functional groups attached to an aromatic ring is 1. The van der Waals surface area contributed by atoms with Crippen LogP contribution in [0.2, 0.25) is 0 Å². The first-order chi connectivity index (χ1) is 9.52. The van der Waals surface area contributed by atoms with Crippen LogP contribution in [0.1, 0.15) is 11.1 Å². The normalized spacial score (nSPS) is 10.0. The van der Waals surface area contributed by atoms with Crippen LogP contribution in [0.25, 0.3) is 0 Å². The van der Waals surface area contributed by atoms with Gasteiger partial charge < -0.3 is 11.1 Å². The number of nitro benzene ring substituents is 1. The minimum atomic E-state index is -0.582. The van der Waals surface area contributed by atoms with Gasteiger partial charge in [0.25, 0.3) is 5.69 Å². The number of aromatic nitrogens is 2. The van der Waals surface area contributed by atoms with Gasteiger partial charge in [0.05, 0.1) is 11.1 Å². The van der Waals surface area contributed by atoms with Gasteiger partial charge in [-0.25, -0.2) is 0 Å². The van der Waals surface area contributed by atoms with E-state index >= 15 is 0 Å². The summed E-state index contributed by atoms with van der Waals surface area (Å²) in [6.07, 6.45) is 1.64. The topological polar surface area (TPSA) is 123 Å². The summed E-state index contributed by atoms with van der Waals surface area (Å²) in [6.45, 7) is 0.419. The zero-order valence-electron chi connectivity index (χ0n) is 10.7. The molecule has 0 aliphatic carbocycles. The van der Waals surface area contributed by atoms with Crippen LogP contribution >= 0.6 is 0 Å². The smallest absolute Gasteiger partial charge is 0.287 e. The molecule has 0 saturated carbocycles. The van der Waals surface area contributed by atoms with E-state index in [9.17, 15) is 10.1 Å². The molecule has 1 heterocycles. The van der Waals surface area contributed by atoms with Gasteiger partial charge in [0.15, 0.2) is 0 Å². The molecule has 8 nitrogen and oxygen atoms in total. The molecule has 102 valence electrons. The van der Waals surface area contributed by atoms with Crippen LogP contribution in [-0.2, 0) is 13.6 Å². The first-order valence-corrected chi connectivity index (χ1v) is 5.71. The number of hydrogen-bond acceptors (Lipinski definition) is 6. The van der Waals surface area contributed by atoms with Crippen LogP contribution in [0.3, 0.4) is 0 Å². The molecule has 1 aromatic heterocycles. The molecule has 0 spiro atoms. The molecule has 1 aromatic carbocycles. The minimum absolute atomic E-state index is 0.0131. The molecule has 0 aliphatic rings. The number of nitrogens with zero attached hydrogens (tertiary/aromatic N) is 4. The van der Waals surface area contributed by atoms with Gasteiger partial charge in [-0.1, -0.05) is 0 Å². The molecule has 8 heteroatoms. The van der Waals surface area contributed by atoms with E-state index in [0.717, 1.165) is 5.56 Å². The van der Waals surface area contributed by atoms with Crippen molar-refractivity contribution in [2.45, 2.75) is 6.54 Å². The number of anilines is 2. The van der Waals surface area contributed by atoms with E-state index in [-0.39, 0.29) is 11.3 Å². The molecule has 2 aromatic rings. The molecule has 0 aliphatic heterocycles. The summed E-state index contributed by atoms with van der Waals surface area (Å²) in [6, 6.07) is 6.09. The highest BCUT2D eigenvalue weighted by Crippen LogP contribution is 2.22. The summed E-state index contributed by atoms with van der Waals surface area (Å²) in [5, 5.41) is 26.7. The molecule has 0 radical (unpaired) electrons. The minimum Gasteiger partial charge on any atom is -0.384 e. The lowest BCUT2D eigenvalue weighted by atomic mass is 10.1. The SMILES string of the molecule is Cn1ncc(CNc2ccc([N+](=O)[O-])c(C#N)c2)c1N. The maximum atomic E-state index is 10.7. The van der Waals surface area contributed by atoms with Gasteiger partial charge in [0.2, 0.25) is 0 Å². The monoisotopic (exact) mass is 272 g/mol. The summed E-state index contributed by atoms with van der Waals surface area (Å²) >= 11 is 0. The van der Waals surface area contributed by atoms with E-state index in [1.54, 1.807) is 24.0 Å². The van der Waals surface area contributed by atoms with E-state index in [4.69, 9.17) is 11.0 Å². The predicted octanol–water partition coefficient (Wildman–Crippen LogP) is 1.39. The van der Waals surface area contributed by atoms with Crippen molar-refractivity contribution in [1.82, 2.24) is 9.78 Å². The number of nitro groups is 1. The van der Waals surface area contributed by atoms with E-state index in [1.807, 2.05) is 6.07 Å². The Balaban J connectivity index is 2.17. The van der Waals surface area contributed by atoms with Crippen LogP contribution in [0.15, 0.2) is 24.4 Å². The van der Waals surface area contributed by atoms with Gasteiger partial charge in [-0.05, 0) is 12.1 Å². The lowest BCUT2D eigenvalue weighted by Gasteiger charge is -2.06. The van der Waals surface area contributed by atoms with Crippen LogP contribution < -0.4 is 11.1 Å². The molecule has 0 saturated heterocycles. The molecule has 2 rings (SSSR count). The summed E-state index contributed by atoms with van der Waals surface area (Å²) in [7, 11) is 1.73. The fourth-order valence-corrected chi connectivity index (χ4v) is 1.72. The van der Waals surface area contributed by atoms with E-state index in [0.29, 0.717) is 18.1 Å². The Morgan fingerprint density at radius 2 is 2.35 bits per heavy atom. The number of rotatable bonds is 4. The first kappa shape index (κ1) is 13.4. The summed E-state index contributed by atoms with van der Waals surface area (Å²) in [5.74, 6) is 0.542. The molecule has 3 N–H and O–H groups in total. The van der Waals surface area contributed by atoms with Gasteiger partial charge in [0, 0.05) is 30.9 Å². The fourth-order valence-electron chi connectivity index (χ4n) is 1.72. The van der Waals surface area contributed by atoms with Crippen molar-refractivity contribution >= 4 is 17.2 Å². The van der Waals surface area contributed by atoms with E-state index in [1.165, 1.54) is 12.1 Å². The lowest BCUT2D eigenvalue weighted by Crippen LogP contribution is -2.04. The van der Waals surface area contributed by atoms with Crippen molar-refractivity contribution < 1.29 is 4.92 Å². The maximum Gasteiger partial charge on any atom is 0.287 e. The van der Waals surface area contributed by atoms with Gasteiger partial charge in [-0.2, -0.15) is 10.4 Å². The second-order valence-electron chi connectivity index (χ2n) is 4.13. The zero-order valence-corrected chi connectivity index (χ0v) is 10.7. The highest BCUT2D eigenvalue weighted by molar-refractivity contribution is 5.59. The molecule has 20 heavy (non-hydrogen) atoms. The fraction of sp³-hybridized carbons (Fsp3) is 0.167. The van der Waals surface area contributed by atoms with Crippen molar-refractivity contribution in [3.63, 3.8) is 0 Å². The van der Waals surface area contributed by atoms with Crippen molar-refractivity contribution in [3.8, 4) is 6.07 Å². The third kappa shape index (κ3) is 2.51. The van der Waals surface area contributed by atoms with Crippen molar-refractivity contribution in [2.24, 2.45) is 7.05 Å². The molecule has 0 bridgehead atoms. The second kappa shape index (κ2) is 5.27. The molecule has 0 fully saturated rings. The number of benzene rings is 1. The Bertz CT molecular complexity index is 700. The highest BCUT2D eigenvalue weighted by atomic mass is 16.6. The first-order valence-electron chi connectivity index (χ1n) is 5.71. The summed E-state index contributed by atoms with van der Waals surface area (Å²) < 4.78 is 1.55. The zero-order chi connectivity index (χ0) is 14.7. The van der Waals surface area contributed by atoms with E-state index < -0.39 is 4.92 Å². The Morgan fingerprint density at radius 3 is 2.90 bits per heavy atom. The van der Waals surface area contributed by atoms with Gasteiger partial charge in [-0.15, -0.1) is 0 Å². The number of nitrogens with two attached hydrogens (primary N) is 1. The lowest BCUT2D eigenvalue weighted by molar-refractivity contribution is -0.385. The Kier molecular flexibility index (Phi) is 3.52. The average molecular weight is 272 g/mol. The van der Waals surface area contributed by atoms with Gasteiger partial charge >= 0.3 is 0 Å². The number of hydrogen-bond donors (Lipinski definition) is 2. The molecule has 0 atom stereocenters. The Labute approximate surface area is 114 Å². The highest BCUT2D eigenvalue weighted by Gasteiger charge is 2.13. The maximum absolute atomic E-state index is 10.7. The summed E-state index contributed by atoms with van der Waals surface area (Å²) in [5.41, 5.74) is 7.03. The van der Waals surface area contributed by atoms with E-state index in [2.05, 4.69) is 10.4 Å². The second-order valence-corrected chi connectivity index (χ2v) is 4.13. The predicted molar refractivity (Wildman–Crippen MR) is 72.8 cm³/mol. The Hall–Kier alpha value is -3.08. The Morgan fingerprint density at radius 1 is 1.60 bits per heavy atom. The molecular formula is C12H12N6O2. The van der Waals surface area contributed by atoms with Crippen molar-refractivity contribution in [2.75, 3.05) is 11.1 Å². The molecule has 0 amide bonds. The summed E-state index contributed by atoms with van der Waals surface area (Å²) in [4.78, 5) is 10.1. The van der Waals surface area contributed by atoms with Crippen molar-refractivity contribution in [1.29, 1.82) is 5.26 Å². The number of aryl methyl sites for hydroxylation is 1. The van der Waals surface area contributed by atoms with Crippen molar-refractivity contribution in [3.05, 3.63) is 45.6 Å². The molecular weight excluding hydrogens is 260 g/mol. The third-order valence-corrected chi connectivity index (χ3v) is 2.86. The van der Waals surface area contributed by atoms with Crippen LogP contribution in [0.5, 0.6) is 0 Å². The third-order valence-electron chi connectivity index (χ3n) is 2.86. The quantitative estimate of drug-likeness (QED) is 0.640. The van der Waals surface area contributed by atoms with Crippen LogP contribution in [0, 0.1) is 21.4 Å².